The number of carbonyl (C=O) groups excluding carboxylic acids is 1. The molecule has 0 unspecified atom stereocenters. The zero-order chi connectivity index (χ0) is 21.1. The van der Waals surface area contributed by atoms with Crippen molar-refractivity contribution in [3.8, 4) is 5.75 Å². The summed E-state index contributed by atoms with van der Waals surface area (Å²) in [4.78, 5) is 32.4. The number of hydrogen-bond donors (Lipinski definition) is 1. The Hall–Kier alpha value is -3.81. The molecule has 30 heavy (non-hydrogen) atoms. The number of benzene rings is 2. The summed E-state index contributed by atoms with van der Waals surface area (Å²) < 4.78 is 5.45. The number of hydrazone groups is 1. The third-order valence-corrected chi connectivity index (χ3v) is 5.01. The molecule has 3 aromatic rings. The van der Waals surface area contributed by atoms with Crippen LogP contribution in [-0.2, 0) is 9.59 Å². The fourth-order valence-electron chi connectivity index (χ4n) is 3.56. The number of fused-ring (bicyclic) bond motifs is 1. The summed E-state index contributed by atoms with van der Waals surface area (Å²) in [6.45, 7) is 0. The van der Waals surface area contributed by atoms with Crippen molar-refractivity contribution in [2.75, 3.05) is 7.11 Å². The van der Waals surface area contributed by atoms with Gasteiger partial charge in [0.15, 0.2) is 0 Å². The van der Waals surface area contributed by atoms with Crippen LogP contribution in [0.25, 0.3) is 11.0 Å². The molecule has 1 aliphatic rings. The van der Waals surface area contributed by atoms with Crippen molar-refractivity contribution in [1.29, 1.82) is 0 Å². The van der Waals surface area contributed by atoms with Crippen LogP contribution in [0, 0.1) is 0 Å². The molecule has 1 amide bonds. The number of carboxylic acids is 1. The largest absolute Gasteiger partial charge is 0.496 e. The van der Waals surface area contributed by atoms with Crippen LogP contribution in [0.2, 0.25) is 0 Å². The molecule has 2 heterocycles. The van der Waals surface area contributed by atoms with Crippen molar-refractivity contribution in [2.45, 2.75) is 25.3 Å². The quantitative estimate of drug-likeness (QED) is 0.677. The molecule has 0 saturated heterocycles. The molecule has 0 radical (unpaired) electrons. The van der Waals surface area contributed by atoms with E-state index in [-0.39, 0.29) is 24.8 Å². The van der Waals surface area contributed by atoms with E-state index in [4.69, 9.17) is 9.84 Å². The molecule has 152 valence electrons. The van der Waals surface area contributed by atoms with Crippen LogP contribution in [0.15, 0.2) is 60.0 Å². The summed E-state index contributed by atoms with van der Waals surface area (Å²) in [6.07, 6.45) is 3.35. The minimum absolute atomic E-state index is 0.123. The first-order valence-electron chi connectivity index (χ1n) is 9.52. The number of rotatable bonds is 6. The van der Waals surface area contributed by atoms with Gasteiger partial charge in [0.2, 0.25) is 5.91 Å². The number of carbonyl (C=O) groups is 2. The fourth-order valence-corrected chi connectivity index (χ4v) is 3.56. The minimum Gasteiger partial charge on any atom is -0.496 e. The van der Waals surface area contributed by atoms with Gasteiger partial charge < -0.3 is 9.84 Å². The van der Waals surface area contributed by atoms with Gasteiger partial charge in [-0.25, -0.2) is 5.01 Å². The SMILES string of the molecule is COc1ccccc1C1=NN(C(=O)CCC(=O)O)[C@H](c2ccc3nccnc3c2)C1. The number of amides is 1. The third-order valence-electron chi connectivity index (χ3n) is 5.01. The number of methoxy groups -OCH3 is 1. The highest BCUT2D eigenvalue weighted by molar-refractivity contribution is 6.05. The first kappa shape index (κ1) is 19.5. The van der Waals surface area contributed by atoms with E-state index in [1.165, 1.54) is 5.01 Å². The molecule has 0 bridgehead atoms. The van der Waals surface area contributed by atoms with E-state index < -0.39 is 5.97 Å². The zero-order valence-electron chi connectivity index (χ0n) is 16.4. The van der Waals surface area contributed by atoms with Crippen LogP contribution >= 0.6 is 0 Å². The summed E-state index contributed by atoms with van der Waals surface area (Å²) in [5.74, 6) is -0.695. The fraction of sp³-hybridized carbons (Fsp3) is 0.227. The van der Waals surface area contributed by atoms with Gasteiger partial charge in [0, 0.05) is 30.8 Å². The minimum atomic E-state index is -1.02. The normalized spacial score (nSPS) is 15.8. The second kappa shape index (κ2) is 8.28. The summed E-state index contributed by atoms with van der Waals surface area (Å²) in [6, 6.07) is 12.8. The van der Waals surface area contributed by atoms with Gasteiger partial charge in [-0.3, -0.25) is 19.6 Å². The predicted molar refractivity (Wildman–Crippen MR) is 110 cm³/mol. The van der Waals surface area contributed by atoms with E-state index in [1.807, 2.05) is 42.5 Å². The van der Waals surface area contributed by atoms with E-state index in [0.717, 1.165) is 22.2 Å². The topological polar surface area (TPSA) is 105 Å². The molecule has 0 fully saturated rings. The highest BCUT2D eigenvalue weighted by atomic mass is 16.5. The number of aliphatic carboxylic acids is 1. The Bertz CT molecular complexity index is 1140. The number of aromatic nitrogens is 2. The standard InChI is InChI=1S/C22H20N4O4/c1-30-20-5-3-2-4-15(20)17-13-19(26(25-17)21(27)8-9-22(28)29)14-6-7-16-18(12-14)24-11-10-23-16/h2-7,10-12,19H,8-9,13H2,1H3,(H,28,29)/t19-/m0/s1. The lowest BCUT2D eigenvalue weighted by atomic mass is 9.97. The lowest BCUT2D eigenvalue weighted by Crippen LogP contribution is -2.27. The summed E-state index contributed by atoms with van der Waals surface area (Å²) in [5.41, 5.74) is 3.85. The molecule has 1 aliphatic heterocycles. The van der Waals surface area contributed by atoms with Gasteiger partial charge >= 0.3 is 5.97 Å². The maximum atomic E-state index is 12.8. The Kier molecular flexibility index (Phi) is 5.38. The van der Waals surface area contributed by atoms with Crippen LogP contribution in [-0.4, -0.2) is 44.8 Å². The summed E-state index contributed by atoms with van der Waals surface area (Å²) in [5, 5.41) is 14.9. The number of nitrogens with zero attached hydrogens (tertiary/aromatic N) is 4. The summed E-state index contributed by atoms with van der Waals surface area (Å²) >= 11 is 0. The maximum absolute atomic E-state index is 12.8. The second-order valence-electron chi connectivity index (χ2n) is 6.90. The highest BCUT2D eigenvalue weighted by Crippen LogP contribution is 2.36. The van der Waals surface area contributed by atoms with Gasteiger partial charge in [-0.05, 0) is 29.8 Å². The molecule has 0 saturated carbocycles. The lowest BCUT2D eigenvalue weighted by molar-refractivity contribution is -0.141. The third kappa shape index (κ3) is 3.84. The molecular weight excluding hydrogens is 384 g/mol. The number of para-hydroxylation sites is 1. The molecule has 1 atom stereocenters. The molecule has 0 spiro atoms. The lowest BCUT2D eigenvalue weighted by Gasteiger charge is -2.22. The van der Waals surface area contributed by atoms with Gasteiger partial charge in [0.05, 0.1) is 36.3 Å². The molecule has 4 rings (SSSR count). The van der Waals surface area contributed by atoms with Gasteiger partial charge in [0.1, 0.15) is 5.75 Å². The van der Waals surface area contributed by atoms with Crippen LogP contribution in [0.5, 0.6) is 5.75 Å². The van der Waals surface area contributed by atoms with Crippen molar-refractivity contribution in [3.05, 3.63) is 66.0 Å². The first-order chi connectivity index (χ1) is 14.6. The highest BCUT2D eigenvalue weighted by Gasteiger charge is 2.34. The Morgan fingerprint density at radius 1 is 1.10 bits per heavy atom. The van der Waals surface area contributed by atoms with Gasteiger partial charge in [-0.1, -0.05) is 18.2 Å². The summed E-state index contributed by atoms with van der Waals surface area (Å²) in [7, 11) is 1.59. The van der Waals surface area contributed by atoms with Crippen molar-refractivity contribution < 1.29 is 19.4 Å². The van der Waals surface area contributed by atoms with Gasteiger partial charge in [-0.15, -0.1) is 0 Å². The van der Waals surface area contributed by atoms with E-state index in [2.05, 4.69) is 15.1 Å². The smallest absolute Gasteiger partial charge is 0.303 e. The van der Waals surface area contributed by atoms with Crippen LogP contribution in [0.4, 0.5) is 0 Å². The number of carboxylic acid groups (broad SMARTS) is 1. The van der Waals surface area contributed by atoms with E-state index >= 15 is 0 Å². The molecule has 8 nitrogen and oxygen atoms in total. The van der Waals surface area contributed by atoms with Crippen LogP contribution in [0.1, 0.15) is 36.4 Å². The molecule has 0 aliphatic carbocycles. The average molecular weight is 404 g/mol. The van der Waals surface area contributed by atoms with E-state index in [9.17, 15) is 9.59 Å². The monoisotopic (exact) mass is 404 g/mol. The van der Waals surface area contributed by atoms with Crippen LogP contribution in [0.3, 0.4) is 0 Å². The predicted octanol–water partition coefficient (Wildman–Crippen LogP) is 3.18. The molecule has 2 aromatic carbocycles. The van der Waals surface area contributed by atoms with E-state index in [0.29, 0.717) is 17.9 Å². The molecular formula is C22H20N4O4. The average Bonchev–Trinajstić information content (AvgIpc) is 3.22. The van der Waals surface area contributed by atoms with Crippen LogP contribution < -0.4 is 4.74 Å². The molecule has 1 N–H and O–H groups in total. The Morgan fingerprint density at radius 3 is 2.63 bits per heavy atom. The Labute approximate surface area is 172 Å². The molecule has 1 aromatic heterocycles. The Morgan fingerprint density at radius 2 is 1.87 bits per heavy atom. The Balaban J connectivity index is 1.72. The molecule has 8 heteroatoms. The van der Waals surface area contributed by atoms with Crippen molar-refractivity contribution in [3.63, 3.8) is 0 Å². The van der Waals surface area contributed by atoms with Crippen molar-refractivity contribution in [2.24, 2.45) is 5.10 Å². The number of ether oxygens (including phenoxy) is 1. The second-order valence-corrected chi connectivity index (χ2v) is 6.90. The van der Waals surface area contributed by atoms with Crippen molar-refractivity contribution >= 4 is 28.6 Å². The van der Waals surface area contributed by atoms with Gasteiger partial charge in [-0.2, -0.15) is 5.10 Å². The van der Waals surface area contributed by atoms with Crippen molar-refractivity contribution in [1.82, 2.24) is 15.0 Å². The maximum Gasteiger partial charge on any atom is 0.303 e. The first-order valence-corrected chi connectivity index (χ1v) is 9.52. The van der Waals surface area contributed by atoms with Gasteiger partial charge in [0.25, 0.3) is 0 Å². The number of hydrogen-bond acceptors (Lipinski definition) is 6. The van der Waals surface area contributed by atoms with E-state index in [1.54, 1.807) is 19.5 Å². The zero-order valence-corrected chi connectivity index (χ0v) is 16.4.